The topological polar surface area (TPSA) is 89.9 Å². The lowest BCUT2D eigenvalue weighted by molar-refractivity contribution is -0.109. The van der Waals surface area contributed by atoms with Gasteiger partial charge >= 0.3 is 0 Å². The van der Waals surface area contributed by atoms with Gasteiger partial charge in [-0.2, -0.15) is 4.80 Å². The molecule has 0 amide bonds. The average molecular weight is 475 g/mol. The van der Waals surface area contributed by atoms with Crippen molar-refractivity contribution in [2.45, 2.75) is 49.8 Å². The van der Waals surface area contributed by atoms with E-state index in [9.17, 15) is 4.79 Å². The SMILES string of the molecule is CC(C)(C)n1nnc(-c2cc3c(cc2F)SC[C@H](N)C(C=O)N3Cc2ccc(Cl)cc2)n1. The van der Waals surface area contributed by atoms with Crippen LogP contribution in [0.25, 0.3) is 11.4 Å². The Kier molecular flexibility index (Phi) is 6.24. The number of hydrogen-bond acceptors (Lipinski definition) is 7. The maximum absolute atomic E-state index is 15.1. The molecule has 1 unspecified atom stereocenters. The lowest BCUT2D eigenvalue weighted by Gasteiger charge is -2.32. The smallest absolute Gasteiger partial charge is 0.207 e. The van der Waals surface area contributed by atoms with Crippen LogP contribution in [0.3, 0.4) is 0 Å². The van der Waals surface area contributed by atoms with E-state index in [4.69, 9.17) is 17.3 Å². The zero-order valence-electron chi connectivity index (χ0n) is 18.0. The maximum Gasteiger partial charge on any atom is 0.207 e. The van der Waals surface area contributed by atoms with E-state index < -0.39 is 17.9 Å². The number of benzene rings is 2. The Hall–Kier alpha value is -2.49. The fourth-order valence-electron chi connectivity index (χ4n) is 3.49. The van der Waals surface area contributed by atoms with Gasteiger partial charge in [0, 0.05) is 28.3 Å². The summed E-state index contributed by atoms with van der Waals surface area (Å²) in [5.41, 5.74) is 7.82. The lowest BCUT2D eigenvalue weighted by Crippen LogP contribution is -2.49. The van der Waals surface area contributed by atoms with Gasteiger partial charge in [0.05, 0.1) is 16.8 Å². The summed E-state index contributed by atoms with van der Waals surface area (Å²) in [7, 11) is 0. The number of tetrazole rings is 1. The molecule has 7 nitrogen and oxygen atoms in total. The van der Waals surface area contributed by atoms with Gasteiger partial charge in [0.25, 0.3) is 0 Å². The highest BCUT2D eigenvalue weighted by Crippen LogP contribution is 2.40. The molecule has 0 saturated heterocycles. The molecule has 2 aromatic carbocycles. The van der Waals surface area contributed by atoms with Crippen LogP contribution in [-0.4, -0.2) is 44.3 Å². The minimum Gasteiger partial charge on any atom is -0.355 e. The van der Waals surface area contributed by atoms with Gasteiger partial charge in [-0.15, -0.1) is 22.0 Å². The summed E-state index contributed by atoms with van der Waals surface area (Å²) in [4.78, 5) is 16.1. The van der Waals surface area contributed by atoms with Crippen LogP contribution in [0.4, 0.5) is 10.1 Å². The van der Waals surface area contributed by atoms with Crippen molar-refractivity contribution in [3.05, 3.63) is 52.8 Å². The van der Waals surface area contributed by atoms with Gasteiger partial charge in [-0.05, 0) is 55.8 Å². The van der Waals surface area contributed by atoms with Gasteiger partial charge < -0.3 is 15.4 Å². The Bertz CT molecular complexity index is 1130. The Morgan fingerprint density at radius 1 is 1.28 bits per heavy atom. The number of aldehydes is 1. The predicted octanol–water partition coefficient (Wildman–Crippen LogP) is 3.89. The molecule has 0 aliphatic carbocycles. The van der Waals surface area contributed by atoms with Crippen LogP contribution in [0.15, 0.2) is 41.3 Å². The fourth-order valence-corrected chi connectivity index (χ4v) is 4.70. The molecule has 32 heavy (non-hydrogen) atoms. The van der Waals surface area contributed by atoms with E-state index in [1.54, 1.807) is 18.2 Å². The van der Waals surface area contributed by atoms with Crippen molar-refractivity contribution in [1.82, 2.24) is 20.2 Å². The number of anilines is 1. The molecule has 0 bridgehead atoms. The summed E-state index contributed by atoms with van der Waals surface area (Å²) in [5, 5.41) is 13.1. The predicted molar refractivity (Wildman–Crippen MR) is 124 cm³/mol. The lowest BCUT2D eigenvalue weighted by atomic mass is 10.1. The summed E-state index contributed by atoms with van der Waals surface area (Å²) >= 11 is 7.46. The van der Waals surface area contributed by atoms with E-state index in [0.29, 0.717) is 27.9 Å². The monoisotopic (exact) mass is 474 g/mol. The molecule has 3 aromatic rings. The summed E-state index contributed by atoms with van der Waals surface area (Å²) in [6.45, 7) is 6.22. The minimum atomic E-state index is -0.573. The molecule has 2 heterocycles. The third-order valence-corrected chi connectivity index (χ3v) is 6.69. The number of halogens is 2. The number of carbonyl (C=O) groups excluding carboxylic acids is 1. The van der Waals surface area contributed by atoms with Crippen molar-refractivity contribution in [3.63, 3.8) is 0 Å². The Morgan fingerprint density at radius 3 is 2.62 bits per heavy atom. The molecule has 4 rings (SSSR count). The van der Waals surface area contributed by atoms with Gasteiger partial charge in [-0.25, -0.2) is 4.39 Å². The maximum atomic E-state index is 15.1. The first-order valence-electron chi connectivity index (χ1n) is 10.2. The number of rotatable bonds is 4. The van der Waals surface area contributed by atoms with Crippen LogP contribution in [0.1, 0.15) is 26.3 Å². The molecule has 0 radical (unpaired) electrons. The number of carbonyl (C=O) groups is 1. The quantitative estimate of drug-likeness (QED) is 0.573. The highest BCUT2D eigenvalue weighted by atomic mass is 35.5. The van der Waals surface area contributed by atoms with E-state index in [1.165, 1.54) is 22.6 Å². The van der Waals surface area contributed by atoms with Gasteiger partial charge in [0.2, 0.25) is 5.82 Å². The van der Waals surface area contributed by atoms with Crippen LogP contribution < -0.4 is 10.6 Å². The van der Waals surface area contributed by atoms with Crippen molar-refractivity contribution in [2.24, 2.45) is 5.73 Å². The minimum absolute atomic E-state index is 0.188. The normalized spacial score (nSPS) is 18.9. The van der Waals surface area contributed by atoms with Crippen molar-refractivity contribution in [3.8, 4) is 11.4 Å². The van der Waals surface area contributed by atoms with Crippen LogP contribution in [-0.2, 0) is 16.9 Å². The van der Waals surface area contributed by atoms with Crippen LogP contribution in [0, 0.1) is 5.82 Å². The van der Waals surface area contributed by atoms with E-state index in [-0.39, 0.29) is 16.9 Å². The van der Waals surface area contributed by atoms with Crippen LogP contribution in [0.5, 0.6) is 0 Å². The molecule has 1 aliphatic rings. The molecule has 2 atom stereocenters. The van der Waals surface area contributed by atoms with Gasteiger partial charge in [-0.1, -0.05) is 23.7 Å². The number of hydrogen-bond donors (Lipinski definition) is 1. The second kappa shape index (κ2) is 8.80. The first kappa shape index (κ1) is 22.7. The molecule has 10 heteroatoms. The van der Waals surface area contributed by atoms with Crippen molar-refractivity contribution < 1.29 is 9.18 Å². The second-order valence-electron chi connectivity index (χ2n) is 8.73. The molecule has 2 N–H and O–H groups in total. The van der Waals surface area contributed by atoms with E-state index >= 15 is 4.39 Å². The second-order valence-corrected chi connectivity index (χ2v) is 10.2. The third kappa shape index (κ3) is 4.51. The number of nitrogens with two attached hydrogens (primary N) is 1. The average Bonchev–Trinajstić information content (AvgIpc) is 3.20. The van der Waals surface area contributed by atoms with E-state index in [1.807, 2.05) is 37.8 Å². The summed E-state index contributed by atoms with van der Waals surface area (Å²) in [5.74, 6) is 0.229. The first-order chi connectivity index (χ1) is 15.2. The first-order valence-corrected chi connectivity index (χ1v) is 11.5. The Balaban J connectivity index is 1.81. The van der Waals surface area contributed by atoms with Crippen LogP contribution >= 0.6 is 23.4 Å². The summed E-state index contributed by atoms with van der Waals surface area (Å²) < 4.78 is 15.1. The highest BCUT2D eigenvalue weighted by molar-refractivity contribution is 7.99. The zero-order chi connectivity index (χ0) is 23.0. The molecule has 1 aromatic heterocycles. The number of aromatic nitrogens is 4. The van der Waals surface area contributed by atoms with Gasteiger partial charge in [0.15, 0.2) is 0 Å². The van der Waals surface area contributed by atoms with Crippen molar-refractivity contribution in [1.29, 1.82) is 0 Å². The van der Waals surface area contributed by atoms with E-state index in [2.05, 4.69) is 15.4 Å². The largest absolute Gasteiger partial charge is 0.355 e. The summed E-state index contributed by atoms with van der Waals surface area (Å²) in [6.07, 6.45) is 0.855. The standard InChI is InChI=1S/C22H24ClFN6OS/c1-22(2,3)30-27-21(26-28-30)15-8-18-20(9-16(15)24)32-12-17(25)19(11-31)29(18)10-13-4-6-14(23)7-5-13/h4-9,11,17,19H,10,12,25H2,1-3H3/t17-,19?/m0/s1. The van der Waals surface area contributed by atoms with Crippen LogP contribution in [0.2, 0.25) is 5.02 Å². The third-order valence-electron chi connectivity index (χ3n) is 5.25. The zero-order valence-corrected chi connectivity index (χ0v) is 19.6. The Morgan fingerprint density at radius 2 is 2.00 bits per heavy atom. The molecular weight excluding hydrogens is 451 g/mol. The molecular formula is C22H24ClFN6OS. The molecule has 0 saturated carbocycles. The molecule has 168 valence electrons. The van der Waals surface area contributed by atoms with E-state index in [0.717, 1.165) is 11.8 Å². The highest BCUT2D eigenvalue weighted by Gasteiger charge is 2.32. The van der Waals surface area contributed by atoms with Gasteiger partial charge in [0.1, 0.15) is 18.1 Å². The van der Waals surface area contributed by atoms with Crippen molar-refractivity contribution >= 4 is 35.3 Å². The number of fused-ring (bicyclic) bond motifs is 1. The summed E-state index contributed by atoms with van der Waals surface area (Å²) in [6, 6.07) is 9.55. The molecule has 0 spiro atoms. The number of nitrogens with zero attached hydrogens (tertiary/aromatic N) is 5. The Labute approximate surface area is 195 Å². The number of thioether (sulfide) groups is 1. The van der Waals surface area contributed by atoms with Gasteiger partial charge in [-0.3, -0.25) is 0 Å². The fraction of sp³-hybridized carbons (Fsp3) is 0.364. The van der Waals surface area contributed by atoms with Crippen molar-refractivity contribution in [2.75, 3.05) is 10.7 Å². The molecule has 1 aliphatic heterocycles. The molecule has 0 fully saturated rings.